The highest BCUT2D eigenvalue weighted by atomic mass is 16.5. The highest BCUT2D eigenvalue weighted by molar-refractivity contribution is 5.76. The standard InChI is InChI=1S/C36H73NO7/c1-5-7-9-11-13-15-16-17-18-19-20-22-24-26-28-44-36(43)32(34(41)35(42)33(40)31(39)29-38)37(4)30(3)27-25-23-21-14-12-10-8-6-2/h30-35,38-42H,5-29H2,1-4H3/t30?,31-,32?,33-,34+,35+/m1/s1. The molecule has 8 nitrogen and oxygen atoms in total. The van der Waals surface area contributed by atoms with Crippen LogP contribution in [0, 0.1) is 0 Å². The van der Waals surface area contributed by atoms with Crippen molar-refractivity contribution in [1.29, 1.82) is 0 Å². The van der Waals surface area contributed by atoms with Crippen LogP contribution in [0.3, 0.4) is 0 Å². The number of unbranched alkanes of at least 4 members (excludes halogenated alkanes) is 20. The molecule has 0 bridgehead atoms. The largest absolute Gasteiger partial charge is 0.464 e. The van der Waals surface area contributed by atoms with Gasteiger partial charge in [0.25, 0.3) is 0 Å². The van der Waals surface area contributed by atoms with Crippen LogP contribution in [0.15, 0.2) is 0 Å². The second-order valence-electron chi connectivity index (χ2n) is 13.2. The number of nitrogens with zero attached hydrogens (tertiary/aromatic N) is 1. The van der Waals surface area contributed by atoms with E-state index in [1.54, 1.807) is 11.9 Å². The van der Waals surface area contributed by atoms with Crippen molar-refractivity contribution in [3.63, 3.8) is 0 Å². The highest BCUT2D eigenvalue weighted by Crippen LogP contribution is 2.20. The van der Waals surface area contributed by atoms with E-state index in [1.807, 2.05) is 6.92 Å². The van der Waals surface area contributed by atoms with Gasteiger partial charge >= 0.3 is 5.97 Å². The summed E-state index contributed by atoms with van der Waals surface area (Å²) in [4.78, 5) is 14.9. The molecular weight excluding hydrogens is 558 g/mol. The Labute approximate surface area is 271 Å². The average molecular weight is 632 g/mol. The minimum Gasteiger partial charge on any atom is -0.464 e. The molecule has 44 heavy (non-hydrogen) atoms. The van der Waals surface area contributed by atoms with Crippen LogP contribution in [0.4, 0.5) is 0 Å². The maximum absolute atomic E-state index is 13.2. The third-order valence-electron chi connectivity index (χ3n) is 9.20. The Kier molecular flexibility index (Phi) is 29.1. The van der Waals surface area contributed by atoms with E-state index in [1.165, 1.54) is 109 Å². The van der Waals surface area contributed by atoms with Crippen molar-refractivity contribution in [2.24, 2.45) is 0 Å². The molecule has 0 aliphatic rings. The van der Waals surface area contributed by atoms with Gasteiger partial charge in [0.15, 0.2) is 0 Å². The number of aliphatic hydroxyl groups excluding tert-OH is 5. The van der Waals surface area contributed by atoms with Gasteiger partial charge in [-0.1, -0.05) is 149 Å². The molecule has 0 spiro atoms. The van der Waals surface area contributed by atoms with E-state index in [0.717, 1.165) is 38.5 Å². The molecule has 0 aromatic rings. The summed E-state index contributed by atoms with van der Waals surface area (Å²) in [5.74, 6) is -0.651. The molecule has 0 radical (unpaired) electrons. The topological polar surface area (TPSA) is 131 Å². The van der Waals surface area contributed by atoms with Crippen LogP contribution in [0.25, 0.3) is 0 Å². The van der Waals surface area contributed by atoms with E-state index in [4.69, 9.17) is 4.74 Å². The van der Waals surface area contributed by atoms with E-state index < -0.39 is 43.0 Å². The SMILES string of the molecule is CCCCCCCCCCCCCCCCOC(=O)C([C@H](O)[C@@H](O)[C@H](O)[C@H](O)CO)N(C)C(C)CCCCCCCCCC. The molecular formula is C36H73NO7. The van der Waals surface area contributed by atoms with E-state index in [9.17, 15) is 30.3 Å². The van der Waals surface area contributed by atoms with Gasteiger partial charge in [0.1, 0.15) is 30.5 Å². The third kappa shape index (κ3) is 21.1. The van der Waals surface area contributed by atoms with Gasteiger partial charge in [0, 0.05) is 6.04 Å². The number of hydrogen-bond acceptors (Lipinski definition) is 8. The maximum Gasteiger partial charge on any atom is 0.326 e. The summed E-state index contributed by atoms with van der Waals surface area (Å²) in [6, 6.07) is -1.28. The molecule has 0 aliphatic carbocycles. The van der Waals surface area contributed by atoms with Crippen molar-refractivity contribution < 1.29 is 35.1 Å². The lowest BCUT2D eigenvalue weighted by Crippen LogP contribution is -2.58. The molecule has 0 saturated heterocycles. The van der Waals surface area contributed by atoms with Crippen molar-refractivity contribution in [1.82, 2.24) is 4.90 Å². The quantitative estimate of drug-likeness (QED) is 0.0411. The first-order valence-electron chi connectivity index (χ1n) is 18.4. The number of esters is 1. The van der Waals surface area contributed by atoms with Gasteiger partial charge in [-0.25, -0.2) is 0 Å². The monoisotopic (exact) mass is 632 g/mol. The Bertz CT molecular complexity index is 638. The highest BCUT2D eigenvalue weighted by Gasteiger charge is 2.42. The molecule has 2 unspecified atom stereocenters. The van der Waals surface area contributed by atoms with Crippen molar-refractivity contribution >= 4 is 5.97 Å². The Morgan fingerprint density at radius 2 is 0.977 bits per heavy atom. The zero-order valence-corrected chi connectivity index (χ0v) is 29.1. The van der Waals surface area contributed by atoms with Gasteiger partial charge < -0.3 is 30.3 Å². The van der Waals surface area contributed by atoms with Crippen molar-refractivity contribution in [2.45, 2.75) is 205 Å². The molecule has 6 atom stereocenters. The first-order chi connectivity index (χ1) is 21.2. The van der Waals surface area contributed by atoms with Gasteiger partial charge in [-0.15, -0.1) is 0 Å². The second-order valence-corrected chi connectivity index (χ2v) is 13.2. The summed E-state index contributed by atoms with van der Waals surface area (Å²) in [6.07, 6.45) is 20.8. The zero-order chi connectivity index (χ0) is 33.0. The van der Waals surface area contributed by atoms with E-state index in [2.05, 4.69) is 13.8 Å². The molecule has 5 N–H and O–H groups in total. The number of carbonyl (C=O) groups excluding carboxylic acids is 1. The molecule has 0 aromatic carbocycles. The fourth-order valence-electron chi connectivity index (χ4n) is 5.88. The predicted molar refractivity (Wildman–Crippen MR) is 181 cm³/mol. The summed E-state index contributed by atoms with van der Waals surface area (Å²) in [5, 5.41) is 50.7. The summed E-state index contributed by atoms with van der Waals surface area (Å²) in [7, 11) is 1.72. The first-order valence-corrected chi connectivity index (χ1v) is 18.4. The summed E-state index contributed by atoms with van der Waals surface area (Å²) >= 11 is 0. The molecule has 264 valence electrons. The van der Waals surface area contributed by atoms with Crippen LogP contribution in [0.1, 0.15) is 168 Å². The fraction of sp³-hybridized carbons (Fsp3) is 0.972. The van der Waals surface area contributed by atoms with Crippen LogP contribution in [0.2, 0.25) is 0 Å². The van der Waals surface area contributed by atoms with E-state index >= 15 is 0 Å². The van der Waals surface area contributed by atoms with E-state index in [-0.39, 0.29) is 12.6 Å². The molecule has 0 aliphatic heterocycles. The van der Waals surface area contributed by atoms with Crippen LogP contribution < -0.4 is 0 Å². The average Bonchev–Trinajstić information content (AvgIpc) is 3.02. The van der Waals surface area contributed by atoms with Gasteiger partial charge in [0.2, 0.25) is 0 Å². The smallest absolute Gasteiger partial charge is 0.326 e. The molecule has 0 aromatic heterocycles. The number of ether oxygens (including phenoxy) is 1. The van der Waals surface area contributed by atoms with Crippen LogP contribution in [0.5, 0.6) is 0 Å². The number of carbonyl (C=O) groups is 1. The predicted octanol–water partition coefficient (Wildman–Crippen LogP) is 6.67. The molecule has 0 rings (SSSR count). The Balaban J connectivity index is 4.59. The third-order valence-corrected chi connectivity index (χ3v) is 9.20. The summed E-state index contributed by atoms with van der Waals surface area (Å²) in [5.41, 5.74) is 0. The minimum absolute atomic E-state index is 0.0737. The lowest BCUT2D eigenvalue weighted by Gasteiger charge is -2.37. The number of aliphatic hydroxyl groups is 5. The fourth-order valence-corrected chi connectivity index (χ4v) is 5.88. The first kappa shape index (κ1) is 43.2. The van der Waals surface area contributed by atoms with Crippen molar-refractivity contribution in [3.05, 3.63) is 0 Å². The van der Waals surface area contributed by atoms with Gasteiger partial charge in [-0.2, -0.15) is 0 Å². The lowest BCUT2D eigenvalue weighted by atomic mass is 9.95. The van der Waals surface area contributed by atoms with Crippen molar-refractivity contribution in [2.75, 3.05) is 20.3 Å². The van der Waals surface area contributed by atoms with Crippen LogP contribution >= 0.6 is 0 Å². The molecule has 8 heteroatoms. The van der Waals surface area contributed by atoms with Crippen molar-refractivity contribution in [3.8, 4) is 0 Å². The zero-order valence-electron chi connectivity index (χ0n) is 29.1. The number of hydrogen-bond donors (Lipinski definition) is 5. The number of likely N-dealkylation sites (N-methyl/N-ethyl adjacent to an activating group) is 1. The summed E-state index contributed by atoms with van der Waals surface area (Å²) < 4.78 is 5.56. The van der Waals surface area contributed by atoms with Crippen LogP contribution in [-0.4, -0.2) is 93.2 Å². The molecule has 0 amide bonds. The second kappa shape index (κ2) is 29.6. The summed E-state index contributed by atoms with van der Waals surface area (Å²) in [6.45, 7) is 5.91. The lowest BCUT2D eigenvalue weighted by molar-refractivity contribution is -0.168. The molecule has 0 heterocycles. The normalized spacial score (nSPS) is 16.0. The van der Waals surface area contributed by atoms with Gasteiger partial charge in [-0.3, -0.25) is 9.69 Å². The molecule has 0 saturated carbocycles. The Morgan fingerprint density at radius 1 is 0.591 bits per heavy atom. The van der Waals surface area contributed by atoms with E-state index in [0.29, 0.717) is 0 Å². The van der Waals surface area contributed by atoms with Crippen LogP contribution in [-0.2, 0) is 9.53 Å². The maximum atomic E-state index is 13.2. The minimum atomic E-state index is -1.83. The number of rotatable bonds is 32. The Morgan fingerprint density at radius 3 is 1.39 bits per heavy atom. The van der Waals surface area contributed by atoms with Gasteiger partial charge in [0.05, 0.1) is 13.2 Å². The Hall–Kier alpha value is -0.770. The van der Waals surface area contributed by atoms with Gasteiger partial charge in [-0.05, 0) is 26.8 Å². The molecule has 0 fully saturated rings.